The summed E-state index contributed by atoms with van der Waals surface area (Å²) in [7, 11) is 1.67. The quantitative estimate of drug-likeness (QED) is 0.838. The van der Waals surface area contributed by atoms with Crippen LogP contribution in [0, 0.1) is 13.8 Å². The molecule has 1 aromatic heterocycles. The van der Waals surface area contributed by atoms with Gasteiger partial charge in [0.25, 0.3) is 0 Å². The van der Waals surface area contributed by atoms with Crippen LogP contribution >= 0.6 is 0 Å². The minimum atomic E-state index is 0.220. The van der Waals surface area contributed by atoms with E-state index in [1.54, 1.807) is 7.11 Å². The van der Waals surface area contributed by atoms with Gasteiger partial charge in [0.15, 0.2) is 0 Å². The van der Waals surface area contributed by atoms with Gasteiger partial charge in [-0.3, -0.25) is 9.48 Å². The Morgan fingerprint density at radius 2 is 2.12 bits per heavy atom. The minimum absolute atomic E-state index is 0.220. The van der Waals surface area contributed by atoms with Gasteiger partial charge < -0.3 is 9.64 Å². The van der Waals surface area contributed by atoms with Gasteiger partial charge in [0.1, 0.15) is 5.75 Å². The number of likely N-dealkylation sites (tertiary alicyclic amines) is 1. The van der Waals surface area contributed by atoms with Crippen molar-refractivity contribution in [1.82, 2.24) is 14.7 Å². The molecule has 1 aliphatic rings. The monoisotopic (exact) mass is 341 g/mol. The second-order valence-electron chi connectivity index (χ2n) is 6.82. The van der Waals surface area contributed by atoms with Gasteiger partial charge in [-0.2, -0.15) is 5.10 Å². The Balaban J connectivity index is 1.61. The number of aryl methyl sites for hydroxylation is 3. The number of para-hydroxylation sites is 1. The van der Waals surface area contributed by atoms with Gasteiger partial charge in [-0.25, -0.2) is 0 Å². The molecule has 2 heterocycles. The lowest BCUT2D eigenvalue weighted by atomic mass is 10.0. The molecule has 0 unspecified atom stereocenters. The van der Waals surface area contributed by atoms with E-state index in [0.717, 1.165) is 42.9 Å². The molecule has 1 aromatic carbocycles. The summed E-state index contributed by atoms with van der Waals surface area (Å²) in [6, 6.07) is 10.3. The molecular weight excluding hydrogens is 314 g/mol. The van der Waals surface area contributed by atoms with Crippen molar-refractivity contribution in [2.45, 2.75) is 45.6 Å². The highest BCUT2D eigenvalue weighted by Gasteiger charge is 2.26. The fraction of sp³-hybridized carbons (Fsp3) is 0.500. The van der Waals surface area contributed by atoms with Gasteiger partial charge in [-0.15, -0.1) is 0 Å². The van der Waals surface area contributed by atoms with E-state index in [4.69, 9.17) is 4.74 Å². The Morgan fingerprint density at radius 3 is 2.84 bits per heavy atom. The van der Waals surface area contributed by atoms with E-state index >= 15 is 0 Å². The highest BCUT2D eigenvalue weighted by Crippen LogP contribution is 2.24. The average molecular weight is 341 g/mol. The number of methoxy groups -OCH3 is 1. The molecule has 5 heteroatoms. The van der Waals surface area contributed by atoms with Gasteiger partial charge in [0, 0.05) is 25.2 Å². The number of benzene rings is 1. The molecule has 5 nitrogen and oxygen atoms in total. The molecule has 1 amide bonds. The third-order valence-electron chi connectivity index (χ3n) is 4.94. The molecule has 1 aliphatic heterocycles. The van der Waals surface area contributed by atoms with Gasteiger partial charge in [0.05, 0.1) is 18.8 Å². The lowest BCUT2D eigenvalue weighted by Gasteiger charge is -2.33. The van der Waals surface area contributed by atoms with Crippen LogP contribution < -0.4 is 4.74 Å². The van der Waals surface area contributed by atoms with Crippen molar-refractivity contribution < 1.29 is 9.53 Å². The van der Waals surface area contributed by atoms with Crippen molar-refractivity contribution >= 4 is 5.91 Å². The van der Waals surface area contributed by atoms with Crippen molar-refractivity contribution in [2.75, 3.05) is 20.2 Å². The molecule has 0 bridgehead atoms. The summed E-state index contributed by atoms with van der Waals surface area (Å²) >= 11 is 0. The molecule has 1 fully saturated rings. The molecule has 2 aromatic rings. The zero-order valence-corrected chi connectivity index (χ0v) is 15.4. The summed E-state index contributed by atoms with van der Waals surface area (Å²) in [6.07, 6.45) is 3.34. The first-order valence-electron chi connectivity index (χ1n) is 9.01. The summed E-state index contributed by atoms with van der Waals surface area (Å²) in [4.78, 5) is 14.7. The summed E-state index contributed by atoms with van der Waals surface area (Å²) in [6.45, 7) is 5.71. The third kappa shape index (κ3) is 4.03. The maximum atomic E-state index is 12.7. The number of hydrogen-bond acceptors (Lipinski definition) is 3. The van der Waals surface area contributed by atoms with Gasteiger partial charge in [-0.05, 0) is 50.8 Å². The average Bonchev–Trinajstić information content (AvgIpc) is 2.98. The first-order chi connectivity index (χ1) is 12.1. The molecule has 1 atom stereocenters. The van der Waals surface area contributed by atoms with Crippen LogP contribution in [0.1, 0.15) is 42.3 Å². The van der Waals surface area contributed by atoms with Crippen molar-refractivity contribution in [1.29, 1.82) is 0 Å². The van der Waals surface area contributed by atoms with Crippen LogP contribution in [0.4, 0.5) is 0 Å². The summed E-state index contributed by atoms with van der Waals surface area (Å²) in [5.41, 5.74) is 3.30. The number of carbonyl (C=O) groups is 1. The Hall–Kier alpha value is -2.30. The number of rotatable bonds is 5. The number of hydrogen-bond donors (Lipinski definition) is 0. The van der Waals surface area contributed by atoms with Crippen molar-refractivity contribution in [2.24, 2.45) is 0 Å². The third-order valence-corrected chi connectivity index (χ3v) is 4.94. The Kier molecular flexibility index (Phi) is 5.41. The minimum Gasteiger partial charge on any atom is -0.496 e. The summed E-state index contributed by atoms with van der Waals surface area (Å²) < 4.78 is 7.47. The van der Waals surface area contributed by atoms with E-state index in [1.165, 1.54) is 5.69 Å². The van der Waals surface area contributed by atoms with Crippen LogP contribution in [0.15, 0.2) is 30.3 Å². The van der Waals surface area contributed by atoms with E-state index in [-0.39, 0.29) is 11.9 Å². The molecule has 0 aliphatic carbocycles. The number of piperidine rings is 1. The van der Waals surface area contributed by atoms with Crippen LogP contribution in [0.3, 0.4) is 0 Å². The molecule has 0 spiro atoms. The molecule has 25 heavy (non-hydrogen) atoms. The van der Waals surface area contributed by atoms with Crippen LogP contribution in [-0.4, -0.2) is 40.8 Å². The molecule has 1 saturated heterocycles. The molecule has 134 valence electrons. The van der Waals surface area contributed by atoms with E-state index < -0.39 is 0 Å². The second kappa shape index (κ2) is 7.72. The normalized spacial score (nSPS) is 17.6. The van der Waals surface area contributed by atoms with E-state index in [2.05, 4.69) is 22.8 Å². The SMILES string of the molecule is COc1ccccc1CCC(=O)N1CCC[C@@H](n2nc(C)cc2C)C1. The van der Waals surface area contributed by atoms with Gasteiger partial charge >= 0.3 is 0 Å². The molecule has 3 rings (SSSR count). The number of ether oxygens (including phenoxy) is 1. The predicted octanol–water partition coefficient (Wildman–Crippen LogP) is 3.30. The van der Waals surface area contributed by atoms with Crippen LogP contribution in [0.5, 0.6) is 5.75 Å². The Labute approximate surface area is 149 Å². The maximum absolute atomic E-state index is 12.7. The molecule has 0 N–H and O–H groups in total. The smallest absolute Gasteiger partial charge is 0.222 e. The second-order valence-corrected chi connectivity index (χ2v) is 6.82. The van der Waals surface area contributed by atoms with Crippen molar-refractivity contribution in [3.05, 3.63) is 47.3 Å². The predicted molar refractivity (Wildman–Crippen MR) is 97.9 cm³/mol. The van der Waals surface area contributed by atoms with E-state index in [1.807, 2.05) is 36.1 Å². The molecular formula is C20H27N3O2. The first-order valence-corrected chi connectivity index (χ1v) is 9.01. The molecule has 0 radical (unpaired) electrons. The lowest BCUT2D eigenvalue weighted by molar-refractivity contribution is -0.132. The number of carbonyl (C=O) groups excluding carboxylic acids is 1. The standard InChI is InChI=1S/C20H27N3O2/c1-15-13-16(2)23(21-15)18-8-6-12-22(14-18)20(24)11-10-17-7-4-5-9-19(17)25-3/h4-5,7,9,13,18H,6,8,10-12,14H2,1-3H3/t18-/m1/s1. The lowest BCUT2D eigenvalue weighted by Crippen LogP contribution is -2.41. The number of amides is 1. The number of nitrogens with zero attached hydrogens (tertiary/aromatic N) is 3. The summed E-state index contributed by atoms with van der Waals surface area (Å²) in [5, 5.41) is 4.61. The highest BCUT2D eigenvalue weighted by atomic mass is 16.5. The number of aromatic nitrogens is 2. The topological polar surface area (TPSA) is 47.4 Å². The summed E-state index contributed by atoms with van der Waals surface area (Å²) in [5.74, 6) is 1.08. The fourth-order valence-corrected chi connectivity index (χ4v) is 3.71. The van der Waals surface area contributed by atoms with Crippen LogP contribution in [0.2, 0.25) is 0 Å². The van der Waals surface area contributed by atoms with Crippen LogP contribution in [0.25, 0.3) is 0 Å². The largest absolute Gasteiger partial charge is 0.496 e. The van der Waals surface area contributed by atoms with Crippen LogP contribution in [-0.2, 0) is 11.2 Å². The van der Waals surface area contributed by atoms with E-state index in [0.29, 0.717) is 12.8 Å². The maximum Gasteiger partial charge on any atom is 0.222 e. The highest BCUT2D eigenvalue weighted by molar-refractivity contribution is 5.76. The first kappa shape index (κ1) is 17.5. The van der Waals surface area contributed by atoms with Gasteiger partial charge in [-0.1, -0.05) is 18.2 Å². The zero-order valence-electron chi connectivity index (χ0n) is 15.4. The van der Waals surface area contributed by atoms with E-state index in [9.17, 15) is 4.79 Å². The fourth-order valence-electron chi connectivity index (χ4n) is 3.71. The Bertz CT molecular complexity index is 738. The zero-order chi connectivity index (χ0) is 17.8. The molecule has 0 saturated carbocycles. The van der Waals surface area contributed by atoms with Crippen molar-refractivity contribution in [3.8, 4) is 5.75 Å². The Morgan fingerprint density at radius 1 is 1.32 bits per heavy atom. The van der Waals surface area contributed by atoms with Gasteiger partial charge in [0.2, 0.25) is 5.91 Å². The van der Waals surface area contributed by atoms with Crippen molar-refractivity contribution in [3.63, 3.8) is 0 Å².